The van der Waals surface area contributed by atoms with E-state index in [1.165, 1.54) is 6.92 Å². The zero-order valence-corrected chi connectivity index (χ0v) is 17.9. The van der Waals surface area contributed by atoms with E-state index in [0.29, 0.717) is 76.4 Å². The molecule has 8 nitrogen and oxygen atoms in total. The number of nitrogens with one attached hydrogen (secondary N) is 2. The molecule has 0 aliphatic heterocycles. The number of hydrogen-bond donors (Lipinski definition) is 2. The highest BCUT2D eigenvalue weighted by Crippen LogP contribution is 2.14. The smallest absolute Gasteiger partial charge is 0.253 e. The Bertz CT molecular complexity index is 619. The van der Waals surface area contributed by atoms with Gasteiger partial charge in [-0.1, -0.05) is 27.7 Å². The molecule has 1 aromatic carbocycles. The fourth-order valence-electron chi connectivity index (χ4n) is 2.04. The molecule has 1 rings (SSSR count). The first kappa shape index (κ1) is 26.2. The van der Waals surface area contributed by atoms with Crippen LogP contribution in [-0.2, 0) is 19.0 Å². The first-order valence-corrected chi connectivity index (χ1v) is 9.97. The van der Waals surface area contributed by atoms with Crippen LogP contribution in [0.1, 0.15) is 43.9 Å². The van der Waals surface area contributed by atoms with Crippen LogP contribution in [0.5, 0.6) is 0 Å². The van der Waals surface area contributed by atoms with E-state index in [1.54, 1.807) is 0 Å². The summed E-state index contributed by atoms with van der Waals surface area (Å²) in [5, 5.41) is 5.94. The molecule has 0 saturated heterocycles. The average molecular weight is 405 g/mol. The molecule has 1 aromatic rings. The summed E-state index contributed by atoms with van der Waals surface area (Å²) in [4.78, 5) is 33.8. The lowest BCUT2D eigenvalue weighted by Gasteiger charge is -2.16. The van der Waals surface area contributed by atoms with Gasteiger partial charge in [0.05, 0.1) is 39.6 Å². The zero-order chi connectivity index (χ0) is 21.4. The van der Waals surface area contributed by atoms with Gasteiger partial charge in [-0.15, -0.1) is 0 Å². The molecule has 0 amide bonds. The minimum absolute atomic E-state index is 0. The van der Waals surface area contributed by atoms with Crippen LogP contribution >= 0.6 is 0 Å². The predicted molar refractivity (Wildman–Crippen MR) is 117 cm³/mol. The summed E-state index contributed by atoms with van der Waals surface area (Å²) in [6.45, 7) is 13.3. The zero-order valence-electron chi connectivity index (χ0n) is 17.9. The van der Waals surface area contributed by atoms with Gasteiger partial charge in [-0.05, 0) is 12.8 Å². The number of carbonyl (C=O) groups excluding carboxylic acids is 1. The summed E-state index contributed by atoms with van der Waals surface area (Å²) in [5.74, 6) is 0.495. The van der Waals surface area contributed by atoms with Crippen LogP contribution in [0.2, 0.25) is 0 Å². The summed E-state index contributed by atoms with van der Waals surface area (Å²) < 4.78 is 16.0. The van der Waals surface area contributed by atoms with Crippen LogP contribution in [0.15, 0.2) is 9.59 Å². The van der Waals surface area contributed by atoms with Crippen molar-refractivity contribution >= 4 is 17.2 Å². The van der Waals surface area contributed by atoms with Crippen molar-refractivity contribution in [1.29, 1.82) is 0 Å². The first-order chi connectivity index (χ1) is 13.4. The van der Waals surface area contributed by atoms with Crippen LogP contribution in [0, 0.1) is 5.92 Å². The third-order valence-corrected chi connectivity index (χ3v) is 3.49. The van der Waals surface area contributed by atoms with Gasteiger partial charge in [0.1, 0.15) is 17.2 Å². The van der Waals surface area contributed by atoms with E-state index < -0.39 is 10.9 Å². The highest BCUT2D eigenvalue weighted by atomic mass is 16.5. The molecule has 0 aromatic heterocycles. The Morgan fingerprint density at radius 1 is 0.857 bits per heavy atom. The van der Waals surface area contributed by atoms with Crippen LogP contribution in [0.3, 0.4) is 0 Å². The Hall–Kier alpha value is -1.77. The van der Waals surface area contributed by atoms with Gasteiger partial charge in [0.2, 0.25) is 0 Å². The molecule has 0 unspecified atom stereocenters. The van der Waals surface area contributed by atoms with Crippen molar-refractivity contribution in [2.45, 2.75) is 41.0 Å². The van der Waals surface area contributed by atoms with Crippen molar-refractivity contribution < 1.29 is 21.9 Å². The number of anilines is 2. The van der Waals surface area contributed by atoms with Crippen molar-refractivity contribution in [3.05, 3.63) is 20.4 Å². The molecule has 28 heavy (non-hydrogen) atoms. The molecular weight excluding hydrogens is 364 g/mol. The fourth-order valence-corrected chi connectivity index (χ4v) is 2.04. The maximum Gasteiger partial charge on any atom is 0.253 e. The summed E-state index contributed by atoms with van der Waals surface area (Å²) >= 11 is 0. The number of hydrogen-bond acceptors (Lipinski definition) is 8. The number of ketones is 1. The van der Waals surface area contributed by atoms with Gasteiger partial charge in [0.15, 0.2) is 0 Å². The van der Waals surface area contributed by atoms with Gasteiger partial charge in [0, 0.05) is 22.4 Å². The minimum Gasteiger partial charge on any atom is -0.380 e. The third-order valence-electron chi connectivity index (χ3n) is 3.49. The highest BCUT2D eigenvalue weighted by Gasteiger charge is 2.20. The summed E-state index contributed by atoms with van der Waals surface area (Å²) in [7, 11) is 0. The molecule has 0 saturated carbocycles. The van der Waals surface area contributed by atoms with E-state index in [9.17, 15) is 14.4 Å². The maximum atomic E-state index is 11.6. The fraction of sp³-hybridized carbons (Fsp3) is 0.750. The standard InChI is InChI=1S/C18H30N2O6.C2H6.2H2/c1-13(2)12-20-16-15(17(22)18(16)23)19-5-7-25-9-11-26-10-8-24-6-4-14(3)21;1-2;;/h13,19-20H,4-12H2,1-3H3;1-2H3;2*1H. The largest absolute Gasteiger partial charge is 0.380 e. The maximum absolute atomic E-state index is 11.6. The van der Waals surface area contributed by atoms with Crippen LogP contribution < -0.4 is 21.5 Å². The van der Waals surface area contributed by atoms with Crippen molar-refractivity contribution in [2.75, 3.05) is 63.4 Å². The molecule has 0 atom stereocenters. The summed E-state index contributed by atoms with van der Waals surface area (Å²) in [6, 6.07) is 0. The van der Waals surface area contributed by atoms with Gasteiger partial charge in [-0.2, -0.15) is 0 Å². The first-order valence-electron chi connectivity index (χ1n) is 9.97. The Balaban J connectivity index is -0.00000176. The molecule has 0 heterocycles. The highest BCUT2D eigenvalue weighted by molar-refractivity contribution is 5.75. The Morgan fingerprint density at radius 3 is 1.82 bits per heavy atom. The molecule has 0 aliphatic carbocycles. The molecule has 0 bridgehead atoms. The van der Waals surface area contributed by atoms with Crippen molar-refractivity contribution in [3.8, 4) is 0 Å². The van der Waals surface area contributed by atoms with Gasteiger partial charge in [0.25, 0.3) is 10.9 Å². The summed E-state index contributed by atoms with van der Waals surface area (Å²) in [5.41, 5.74) is -0.229. The van der Waals surface area contributed by atoms with Crippen LogP contribution in [-0.4, -0.2) is 58.5 Å². The molecule has 0 spiro atoms. The molecule has 166 valence electrons. The van der Waals surface area contributed by atoms with Gasteiger partial charge >= 0.3 is 0 Å². The molecular formula is C20H40N2O6. The Labute approximate surface area is 170 Å². The van der Waals surface area contributed by atoms with E-state index in [1.807, 2.05) is 27.7 Å². The van der Waals surface area contributed by atoms with E-state index in [2.05, 4.69) is 10.6 Å². The topological polar surface area (TPSA) is 103 Å². The molecule has 8 heteroatoms. The normalized spacial score (nSPS) is 10.6. The van der Waals surface area contributed by atoms with Crippen molar-refractivity contribution in [3.63, 3.8) is 0 Å². The van der Waals surface area contributed by atoms with Crippen LogP contribution in [0.4, 0.5) is 11.4 Å². The molecule has 2 N–H and O–H groups in total. The molecule has 0 aliphatic rings. The monoisotopic (exact) mass is 404 g/mol. The van der Waals surface area contributed by atoms with E-state index in [-0.39, 0.29) is 8.64 Å². The molecule has 0 fully saturated rings. The third kappa shape index (κ3) is 11.2. The average Bonchev–Trinajstić information content (AvgIpc) is 2.67. The number of carbonyl (C=O) groups is 1. The lowest BCUT2D eigenvalue weighted by Crippen LogP contribution is -2.38. The second-order valence-corrected chi connectivity index (χ2v) is 6.40. The van der Waals surface area contributed by atoms with Gasteiger partial charge in [-0.3, -0.25) is 14.4 Å². The lowest BCUT2D eigenvalue weighted by atomic mass is 10.1. The van der Waals surface area contributed by atoms with Crippen molar-refractivity contribution in [2.24, 2.45) is 5.92 Å². The Kier molecular flexibility index (Phi) is 15.2. The van der Waals surface area contributed by atoms with Crippen molar-refractivity contribution in [1.82, 2.24) is 0 Å². The summed E-state index contributed by atoms with van der Waals surface area (Å²) in [6.07, 6.45) is 0.426. The lowest BCUT2D eigenvalue weighted by molar-refractivity contribution is -0.118. The van der Waals surface area contributed by atoms with Gasteiger partial charge < -0.3 is 24.8 Å². The van der Waals surface area contributed by atoms with E-state index >= 15 is 0 Å². The molecule has 0 radical (unpaired) electrons. The van der Waals surface area contributed by atoms with Gasteiger partial charge in [-0.25, -0.2) is 0 Å². The van der Waals surface area contributed by atoms with E-state index in [0.717, 1.165) is 0 Å². The predicted octanol–water partition coefficient (Wildman–Crippen LogP) is 2.31. The number of ether oxygens (including phenoxy) is 3. The number of rotatable bonds is 16. The number of Topliss-reactive ketones (excluding diaryl/α,β-unsaturated/α-hetero) is 1. The second-order valence-electron chi connectivity index (χ2n) is 6.40. The SMILES string of the molecule is CC.CC(=O)CCOCCOCCOCCNc1c(NCC(C)C)c(=O)c1=O.[HH].[HH]. The second kappa shape index (κ2) is 16.2. The van der Waals surface area contributed by atoms with Crippen LogP contribution in [0.25, 0.3) is 0 Å². The quantitative estimate of drug-likeness (QED) is 0.320. The van der Waals surface area contributed by atoms with E-state index in [4.69, 9.17) is 14.2 Å². The minimum atomic E-state index is -0.482. The Morgan fingerprint density at radius 2 is 1.32 bits per heavy atom.